The van der Waals surface area contributed by atoms with E-state index in [1.165, 1.54) is 31.2 Å². The largest absolute Gasteiger partial charge is 0.508 e. The maximum atomic E-state index is 12.9. The van der Waals surface area contributed by atoms with E-state index in [1.54, 1.807) is 0 Å². The minimum atomic E-state index is -1.88. The van der Waals surface area contributed by atoms with Crippen LogP contribution in [0.25, 0.3) is 22.3 Å². The summed E-state index contributed by atoms with van der Waals surface area (Å²) in [5.74, 6) is -3.58. The van der Waals surface area contributed by atoms with Crippen LogP contribution >= 0.6 is 0 Å². The Balaban J connectivity index is 1.46. The first-order valence-electron chi connectivity index (χ1n) is 13.0. The first-order chi connectivity index (χ1) is 20.3. The Hall–Kier alpha value is -3.71. The fraction of sp³-hybridized carbons (Fsp3) is 0.444. The number of rotatable bonds is 6. The topological polar surface area (TPSA) is 269 Å². The second kappa shape index (κ2) is 11.8. The molecule has 2 aliphatic rings. The van der Waals surface area contributed by atoms with E-state index in [4.69, 9.17) is 23.4 Å². The smallest absolute Gasteiger partial charge is 0.238 e. The maximum Gasteiger partial charge on any atom is 0.238 e. The average molecular weight is 611 g/mol. The standard InChI is InChI=1S/C27H30O16/c1-8-15(31)25(43-26-21(37)19(35)16(32)13(7-28)41-26)22(38)27(39-8)40-12-6-11(30)14-18(34)20(36)23(42-24(14)17(12)33)9-2-4-10(29)5-3-9/h2-6,8,13,15-16,19,21-22,25-33,35-38H,7H2,1H3/t8-,13-,15+,16-,19+,21-,22+,25-,26+,27+/m0/s1. The minimum absolute atomic E-state index is 0.109. The summed E-state index contributed by atoms with van der Waals surface area (Å²) in [6.07, 6.45) is -16.3. The van der Waals surface area contributed by atoms with Gasteiger partial charge >= 0.3 is 0 Å². The monoisotopic (exact) mass is 610 g/mol. The molecule has 0 radical (unpaired) electrons. The SMILES string of the molecule is C[C@@H]1O[C@H](Oc2cc(O)c3c(=O)c(O)c(-c4ccc(O)cc4)oc3c2O)[C@H](O)[C@@H](O[C@H]2O[C@@H](CO)[C@H](O)[C@@H](O)[C@@H]2O)[C@@H]1O. The Morgan fingerprint density at radius 1 is 0.814 bits per heavy atom. The van der Waals surface area contributed by atoms with Gasteiger partial charge in [-0.2, -0.15) is 0 Å². The molecule has 16 heteroatoms. The molecular formula is C27H30O16. The molecule has 2 fully saturated rings. The minimum Gasteiger partial charge on any atom is -0.508 e. The summed E-state index contributed by atoms with van der Waals surface area (Å²) in [5.41, 5.74) is -1.56. The molecule has 5 rings (SSSR count). The lowest BCUT2D eigenvalue weighted by atomic mass is 9.97. The van der Waals surface area contributed by atoms with Crippen molar-refractivity contribution in [3.63, 3.8) is 0 Å². The number of fused-ring (bicyclic) bond motifs is 1. The third kappa shape index (κ3) is 5.44. The highest BCUT2D eigenvalue weighted by Gasteiger charge is 2.50. The average Bonchev–Trinajstić information content (AvgIpc) is 2.98. The summed E-state index contributed by atoms with van der Waals surface area (Å²) in [4.78, 5) is 12.9. The normalized spacial score (nSPS) is 33.0. The molecule has 2 aliphatic heterocycles. The van der Waals surface area contributed by atoms with Crippen molar-refractivity contribution < 1.29 is 74.4 Å². The number of phenols is 3. The van der Waals surface area contributed by atoms with Crippen molar-refractivity contribution in [2.75, 3.05) is 6.61 Å². The Kier molecular flexibility index (Phi) is 8.41. The van der Waals surface area contributed by atoms with Gasteiger partial charge in [0.05, 0.1) is 12.7 Å². The van der Waals surface area contributed by atoms with Crippen molar-refractivity contribution in [2.45, 2.75) is 68.3 Å². The molecule has 3 heterocycles. The van der Waals surface area contributed by atoms with Gasteiger partial charge in [0, 0.05) is 11.6 Å². The molecule has 0 spiro atoms. The number of aliphatic hydroxyl groups is 6. The lowest BCUT2D eigenvalue weighted by molar-refractivity contribution is -0.350. The van der Waals surface area contributed by atoms with Gasteiger partial charge in [-0.3, -0.25) is 4.79 Å². The van der Waals surface area contributed by atoms with Crippen LogP contribution in [0.4, 0.5) is 0 Å². The fourth-order valence-corrected chi connectivity index (χ4v) is 4.92. The van der Waals surface area contributed by atoms with Crippen molar-refractivity contribution in [2.24, 2.45) is 0 Å². The Morgan fingerprint density at radius 2 is 1.49 bits per heavy atom. The molecule has 0 amide bonds. The zero-order valence-electron chi connectivity index (χ0n) is 22.3. The molecule has 0 saturated carbocycles. The van der Waals surface area contributed by atoms with E-state index < -0.39 is 113 Å². The third-order valence-corrected chi connectivity index (χ3v) is 7.35. The van der Waals surface area contributed by atoms with Gasteiger partial charge in [-0.15, -0.1) is 0 Å². The van der Waals surface area contributed by atoms with Crippen LogP contribution in [0, 0.1) is 0 Å². The lowest BCUT2D eigenvalue weighted by Crippen LogP contribution is -2.64. The first kappa shape index (κ1) is 30.7. The van der Waals surface area contributed by atoms with Crippen molar-refractivity contribution in [1.82, 2.24) is 0 Å². The third-order valence-electron chi connectivity index (χ3n) is 7.35. The Labute approximate surface area is 241 Å². The van der Waals surface area contributed by atoms with Crippen molar-refractivity contribution >= 4 is 11.0 Å². The zero-order valence-corrected chi connectivity index (χ0v) is 22.3. The highest BCUT2D eigenvalue weighted by atomic mass is 16.7. The van der Waals surface area contributed by atoms with E-state index in [0.29, 0.717) is 0 Å². The van der Waals surface area contributed by atoms with Gasteiger partial charge in [0.25, 0.3) is 0 Å². The van der Waals surface area contributed by atoms with E-state index in [9.17, 15) is 55.9 Å². The quantitative estimate of drug-likeness (QED) is 0.140. The number of phenolic OH excluding ortho intramolecular Hbond substituents is 3. The summed E-state index contributed by atoms with van der Waals surface area (Å²) in [6.45, 7) is 0.624. The first-order valence-corrected chi connectivity index (χ1v) is 13.0. The predicted molar refractivity (Wildman–Crippen MR) is 140 cm³/mol. The highest BCUT2D eigenvalue weighted by molar-refractivity contribution is 5.93. The molecule has 16 nitrogen and oxygen atoms in total. The number of hydrogen-bond donors (Lipinski definition) is 10. The van der Waals surface area contributed by atoms with E-state index in [2.05, 4.69) is 0 Å². The van der Waals surface area contributed by atoms with Gasteiger partial charge in [0.2, 0.25) is 23.2 Å². The van der Waals surface area contributed by atoms with Gasteiger partial charge in [-0.1, -0.05) is 0 Å². The summed E-state index contributed by atoms with van der Waals surface area (Å²) >= 11 is 0. The number of aromatic hydroxyl groups is 4. The molecular weight excluding hydrogens is 580 g/mol. The fourth-order valence-electron chi connectivity index (χ4n) is 4.92. The summed E-state index contributed by atoms with van der Waals surface area (Å²) in [7, 11) is 0. The Bertz CT molecular complexity index is 1520. The summed E-state index contributed by atoms with van der Waals surface area (Å²) in [5, 5.41) is 102. The molecule has 2 saturated heterocycles. The molecule has 2 aromatic carbocycles. The van der Waals surface area contributed by atoms with Crippen LogP contribution in [0.2, 0.25) is 0 Å². The van der Waals surface area contributed by atoms with Gasteiger partial charge in [-0.25, -0.2) is 0 Å². The zero-order chi connectivity index (χ0) is 31.3. The van der Waals surface area contributed by atoms with E-state index in [1.807, 2.05) is 0 Å². The van der Waals surface area contributed by atoms with Crippen LogP contribution in [0.15, 0.2) is 39.5 Å². The number of aliphatic hydroxyl groups excluding tert-OH is 6. The molecule has 10 atom stereocenters. The van der Waals surface area contributed by atoms with Gasteiger partial charge < -0.3 is 74.4 Å². The van der Waals surface area contributed by atoms with Crippen LogP contribution in [-0.4, -0.2) is 119 Å². The van der Waals surface area contributed by atoms with Crippen molar-refractivity contribution in [3.05, 3.63) is 40.6 Å². The second-order valence-electron chi connectivity index (χ2n) is 10.2. The molecule has 0 bridgehead atoms. The predicted octanol–water partition coefficient (Wildman–Crippen LogP) is -1.69. The van der Waals surface area contributed by atoms with E-state index in [-0.39, 0.29) is 11.3 Å². The highest BCUT2D eigenvalue weighted by Crippen LogP contribution is 2.43. The Morgan fingerprint density at radius 3 is 2.14 bits per heavy atom. The lowest BCUT2D eigenvalue weighted by Gasteiger charge is -2.45. The van der Waals surface area contributed by atoms with Gasteiger partial charge in [0.1, 0.15) is 59.6 Å². The molecule has 3 aromatic rings. The number of ether oxygens (including phenoxy) is 4. The van der Waals surface area contributed by atoms with Gasteiger partial charge in [0.15, 0.2) is 23.4 Å². The van der Waals surface area contributed by atoms with Crippen LogP contribution in [0.5, 0.6) is 28.7 Å². The molecule has 43 heavy (non-hydrogen) atoms. The van der Waals surface area contributed by atoms with Crippen LogP contribution in [0.3, 0.4) is 0 Å². The van der Waals surface area contributed by atoms with Crippen LogP contribution in [-0.2, 0) is 14.2 Å². The van der Waals surface area contributed by atoms with E-state index in [0.717, 1.165) is 6.07 Å². The summed E-state index contributed by atoms with van der Waals surface area (Å²) < 4.78 is 27.5. The second-order valence-corrected chi connectivity index (χ2v) is 10.2. The summed E-state index contributed by atoms with van der Waals surface area (Å²) in [6, 6.07) is 5.97. The number of hydrogen-bond acceptors (Lipinski definition) is 16. The molecule has 0 unspecified atom stereocenters. The number of benzene rings is 2. The van der Waals surface area contributed by atoms with Crippen LogP contribution in [0.1, 0.15) is 6.92 Å². The van der Waals surface area contributed by atoms with Gasteiger partial charge in [-0.05, 0) is 31.2 Å². The molecule has 10 N–H and O–H groups in total. The maximum absolute atomic E-state index is 12.9. The molecule has 1 aromatic heterocycles. The van der Waals surface area contributed by atoms with E-state index >= 15 is 0 Å². The molecule has 234 valence electrons. The van der Waals surface area contributed by atoms with Crippen molar-refractivity contribution in [3.8, 4) is 40.1 Å². The molecule has 0 aliphatic carbocycles. The van der Waals surface area contributed by atoms with Crippen molar-refractivity contribution in [1.29, 1.82) is 0 Å². The van der Waals surface area contributed by atoms with Crippen LogP contribution < -0.4 is 10.2 Å².